The molecule has 9 nitrogen and oxygen atoms in total. The van der Waals surface area contributed by atoms with Gasteiger partial charge in [0.05, 0.1) is 12.6 Å². The maximum Gasteiger partial charge on any atom is 0.329 e. The fourth-order valence-corrected chi connectivity index (χ4v) is 3.83. The SMILES string of the molecule is CCc1ccc(OC[C@@H](O)Cn2c(SC[C@@H](C)O)nc3c2c(=O)[nH]c(=O)n3C)cc1. The smallest absolute Gasteiger partial charge is 0.329 e. The van der Waals surface area contributed by atoms with E-state index in [0.717, 1.165) is 6.42 Å². The summed E-state index contributed by atoms with van der Waals surface area (Å²) in [6.07, 6.45) is -0.568. The minimum atomic E-state index is -0.921. The number of aryl methyl sites for hydroxylation is 2. The maximum atomic E-state index is 12.4. The first-order valence-electron chi connectivity index (χ1n) is 9.70. The van der Waals surface area contributed by atoms with Gasteiger partial charge in [-0.05, 0) is 31.0 Å². The van der Waals surface area contributed by atoms with E-state index in [-0.39, 0.29) is 24.3 Å². The molecule has 0 spiro atoms. The summed E-state index contributed by atoms with van der Waals surface area (Å²) in [6, 6.07) is 7.64. The third-order valence-corrected chi connectivity index (χ3v) is 5.81. The van der Waals surface area contributed by atoms with Gasteiger partial charge in [0.15, 0.2) is 16.3 Å². The Balaban J connectivity index is 1.85. The summed E-state index contributed by atoms with van der Waals surface area (Å²) in [5.74, 6) is 0.997. The monoisotopic (exact) mass is 434 g/mol. The van der Waals surface area contributed by atoms with Crippen molar-refractivity contribution in [1.82, 2.24) is 19.1 Å². The summed E-state index contributed by atoms with van der Waals surface area (Å²) in [6.45, 7) is 3.79. The summed E-state index contributed by atoms with van der Waals surface area (Å²) < 4.78 is 8.48. The van der Waals surface area contributed by atoms with Gasteiger partial charge >= 0.3 is 5.69 Å². The van der Waals surface area contributed by atoms with Crippen LogP contribution in [-0.4, -0.2) is 53.9 Å². The van der Waals surface area contributed by atoms with E-state index >= 15 is 0 Å². The van der Waals surface area contributed by atoms with E-state index in [0.29, 0.717) is 16.7 Å². The minimum absolute atomic E-state index is 0.0231. The highest BCUT2D eigenvalue weighted by molar-refractivity contribution is 7.99. The molecule has 2 aromatic heterocycles. The first-order chi connectivity index (χ1) is 14.3. The highest BCUT2D eigenvalue weighted by atomic mass is 32.2. The lowest BCUT2D eigenvalue weighted by molar-refractivity contribution is 0.0913. The average molecular weight is 435 g/mol. The molecule has 0 aliphatic carbocycles. The first kappa shape index (κ1) is 22.1. The molecule has 0 aliphatic heterocycles. The Morgan fingerprint density at radius 3 is 2.57 bits per heavy atom. The van der Waals surface area contributed by atoms with Crippen molar-refractivity contribution in [3.63, 3.8) is 0 Å². The molecular formula is C20H26N4O5S. The van der Waals surface area contributed by atoms with E-state index in [1.165, 1.54) is 28.9 Å². The molecule has 0 bridgehead atoms. The molecule has 3 aromatic rings. The van der Waals surface area contributed by atoms with Gasteiger partial charge in [-0.3, -0.25) is 14.3 Å². The molecule has 1 aromatic carbocycles. The third kappa shape index (κ3) is 4.94. The Bertz CT molecular complexity index is 1120. The van der Waals surface area contributed by atoms with Gasteiger partial charge in [-0.2, -0.15) is 0 Å². The second-order valence-corrected chi connectivity index (χ2v) is 8.11. The quantitative estimate of drug-likeness (QED) is 0.428. The molecule has 0 saturated carbocycles. The molecule has 0 unspecified atom stereocenters. The largest absolute Gasteiger partial charge is 0.491 e. The van der Waals surface area contributed by atoms with Crippen LogP contribution >= 0.6 is 11.8 Å². The van der Waals surface area contributed by atoms with Crippen molar-refractivity contribution in [1.29, 1.82) is 0 Å². The maximum absolute atomic E-state index is 12.4. The van der Waals surface area contributed by atoms with E-state index in [9.17, 15) is 19.8 Å². The normalized spacial score (nSPS) is 13.5. The second kappa shape index (κ2) is 9.50. The fourth-order valence-electron chi connectivity index (χ4n) is 2.97. The number of ether oxygens (including phenoxy) is 1. The molecule has 0 aliphatic rings. The zero-order chi connectivity index (χ0) is 21.8. The number of aliphatic hydroxyl groups is 2. The molecular weight excluding hydrogens is 408 g/mol. The molecule has 2 atom stereocenters. The van der Waals surface area contributed by atoms with Gasteiger partial charge in [0.25, 0.3) is 5.56 Å². The lowest BCUT2D eigenvalue weighted by Gasteiger charge is -2.15. The molecule has 2 heterocycles. The Morgan fingerprint density at radius 1 is 1.23 bits per heavy atom. The Morgan fingerprint density at radius 2 is 1.93 bits per heavy atom. The van der Waals surface area contributed by atoms with Crippen LogP contribution in [0.25, 0.3) is 11.2 Å². The van der Waals surface area contributed by atoms with Crippen molar-refractivity contribution in [3.8, 4) is 5.75 Å². The molecule has 162 valence electrons. The fraction of sp³-hybridized carbons (Fsp3) is 0.450. The number of fused-ring (bicyclic) bond motifs is 1. The number of imidazole rings is 1. The van der Waals surface area contributed by atoms with Gasteiger partial charge < -0.3 is 19.5 Å². The molecule has 30 heavy (non-hydrogen) atoms. The van der Waals surface area contributed by atoms with E-state index in [4.69, 9.17) is 4.74 Å². The summed E-state index contributed by atoms with van der Waals surface area (Å²) in [4.78, 5) is 31.0. The Labute approximate surface area is 177 Å². The van der Waals surface area contributed by atoms with Crippen LogP contribution < -0.4 is 16.0 Å². The summed E-state index contributed by atoms with van der Waals surface area (Å²) in [5, 5.41) is 20.6. The summed E-state index contributed by atoms with van der Waals surface area (Å²) in [7, 11) is 1.51. The van der Waals surface area contributed by atoms with Crippen LogP contribution in [0.4, 0.5) is 0 Å². The van der Waals surface area contributed by atoms with Gasteiger partial charge in [0, 0.05) is 12.8 Å². The number of rotatable bonds is 9. The molecule has 0 radical (unpaired) electrons. The average Bonchev–Trinajstić information content (AvgIpc) is 3.08. The van der Waals surface area contributed by atoms with Crippen LogP contribution in [0.3, 0.4) is 0 Å². The van der Waals surface area contributed by atoms with E-state index in [1.54, 1.807) is 11.5 Å². The standard InChI is InChI=1S/C20H26N4O5S/c1-4-13-5-7-15(8-6-13)29-10-14(26)9-24-16-17(21-20(24)30-11-12(2)25)23(3)19(28)22-18(16)27/h5-8,12,14,25-26H,4,9-11H2,1-3H3,(H,22,27,28)/t12-,14+/m1/s1. The van der Waals surface area contributed by atoms with Crippen LogP contribution in [0.5, 0.6) is 5.75 Å². The number of aromatic amines is 1. The first-order valence-corrected chi connectivity index (χ1v) is 10.7. The molecule has 3 rings (SSSR count). The van der Waals surface area contributed by atoms with Crippen molar-refractivity contribution in [2.75, 3.05) is 12.4 Å². The van der Waals surface area contributed by atoms with Crippen molar-refractivity contribution in [2.45, 2.75) is 44.2 Å². The van der Waals surface area contributed by atoms with Crippen molar-refractivity contribution < 1.29 is 14.9 Å². The predicted molar refractivity (Wildman–Crippen MR) is 115 cm³/mol. The Kier molecular flexibility index (Phi) is 7.01. The number of thioether (sulfide) groups is 1. The molecule has 3 N–H and O–H groups in total. The van der Waals surface area contributed by atoms with Crippen molar-refractivity contribution >= 4 is 22.9 Å². The number of benzene rings is 1. The minimum Gasteiger partial charge on any atom is -0.491 e. The summed E-state index contributed by atoms with van der Waals surface area (Å²) >= 11 is 1.25. The number of nitrogens with one attached hydrogen (secondary N) is 1. The molecule has 0 amide bonds. The van der Waals surface area contributed by atoms with Crippen LogP contribution in [-0.2, 0) is 20.0 Å². The van der Waals surface area contributed by atoms with Crippen LogP contribution in [0, 0.1) is 0 Å². The number of nitrogens with zero attached hydrogens (tertiary/aromatic N) is 3. The van der Waals surface area contributed by atoms with Crippen LogP contribution in [0.2, 0.25) is 0 Å². The zero-order valence-corrected chi connectivity index (χ0v) is 18.0. The van der Waals surface area contributed by atoms with Gasteiger partial charge in [0.1, 0.15) is 18.5 Å². The van der Waals surface area contributed by atoms with Gasteiger partial charge in [0.2, 0.25) is 0 Å². The lowest BCUT2D eigenvalue weighted by Crippen LogP contribution is -2.30. The predicted octanol–water partition coefficient (Wildman–Crippen LogP) is 0.898. The zero-order valence-electron chi connectivity index (χ0n) is 17.2. The van der Waals surface area contributed by atoms with Crippen LogP contribution in [0.1, 0.15) is 19.4 Å². The summed E-state index contributed by atoms with van der Waals surface area (Å²) in [5.41, 5.74) is 0.463. The highest BCUT2D eigenvalue weighted by Gasteiger charge is 2.20. The Hall–Kier alpha value is -2.56. The second-order valence-electron chi connectivity index (χ2n) is 7.12. The molecule has 0 saturated heterocycles. The van der Waals surface area contributed by atoms with Crippen LogP contribution in [0.15, 0.2) is 39.0 Å². The number of aliphatic hydroxyl groups excluding tert-OH is 2. The number of hydrogen-bond donors (Lipinski definition) is 3. The third-order valence-electron chi connectivity index (χ3n) is 4.59. The molecule has 10 heteroatoms. The molecule has 0 fully saturated rings. The van der Waals surface area contributed by atoms with Crippen molar-refractivity contribution in [3.05, 3.63) is 50.7 Å². The van der Waals surface area contributed by atoms with Gasteiger partial charge in [-0.1, -0.05) is 30.8 Å². The van der Waals surface area contributed by atoms with E-state index < -0.39 is 23.5 Å². The van der Waals surface area contributed by atoms with E-state index in [1.807, 2.05) is 24.3 Å². The number of H-pyrrole nitrogens is 1. The lowest BCUT2D eigenvalue weighted by atomic mass is 10.2. The van der Waals surface area contributed by atoms with Gasteiger partial charge in [-0.25, -0.2) is 9.78 Å². The number of aromatic nitrogens is 4. The topological polar surface area (TPSA) is 122 Å². The van der Waals surface area contributed by atoms with E-state index in [2.05, 4.69) is 16.9 Å². The van der Waals surface area contributed by atoms with Crippen molar-refractivity contribution in [2.24, 2.45) is 7.05 Å². The number of hydrogen-bond acceptors (Lipinski definition) is 7. The van der Waals surface area contributed by atoms with Gasteiger partial charge in [-0.15, -0.1) is 0 Å². The highest BCUT2D eigenvalue weighted by Crippen LogP contribution is 2.23.